The van der Waals surface area contributed by atoms with E-state index in [4.69, 9.17) is 4.74 Å². The highest BCUT2D eigenvalue weighted by Crippen LogP contribution is 2.19. The predicted octanol–water partition coefficient (Wildman–Crippen LogP) is 3.84. The minimum atomic E-state index is -0.440. The van der Waals surface area contributed by atoms with Crippen LogP contribution >= 0.6 is 0 Å². The predicted molar refractivity (Wildman–Crippen MR) is 89.3 cm³/mol. The minimum Gasteiger partial charge on any atom is -0.377 e. The first-order valence-electron chi connectivity index (χ1n) is 7.61. The molecule has 23 heavy (non-hydrogen) atoms. The van der Waals surface area contributed by atoms with E-state index in [9.17, 15) is 10.1 Å². The van der Waals surface area contributed by atoms with Crippen molar-refractivity contribution in [3.63, 3.8) is 0 Å². The van der Waals surface area contributed by atoms with Crippen molar-refractivity contribution < 1.29 is 9.66 Å². The fraction of sp³-hybridized carbons (Fsp3) is 0.353. The highest BCUT2D eigenvalue weighted by molar-refractivity contribution is 5.48. The van der Waals surface area contributed by atoms with Gasteiger partial charge in [0.15, 0.2) is 0 Å². The summed E-state index contributed by atoms with van der Waals surface area (Å²) in [6.45, 7) is 5.80. The number of hydrogen-bond acceptors (Lipinski definition) is 5. The van der Waals surface area contributed by atoms with Gasteiger partial charge in [-0.1, -0.05) is 31.2 Å². The maximum Gasteiger partial charge on any atom is 0.287 e. The van der Waals surface area contributed by atoms with Crippen LogP contribution in [-0.4, -0.2) is 16.5 Å². The van der Waals surface area contributed by atoms with E-state index >= 15 is 0 Å². The zero-order valence-electron chi connectivity index (χ0n) is 13.4. The van der Waals surface area contributed by atoms with Gasteiger partial charge in [0, 0.05) is 19.2 Å². The van der Waals surface area contributed by atoms with Crippen molar-refractivity contribution in [2.45, 2.75) is 33.4 Å². The summed E-state index contributed by atoms with van der Waals surface area (Å²) in [6.07, 6.45) is 2.26. The van der Waals surface area contributed by atoms with Crippen molar-refractivity contribution in [1.29, 1.82) is 0 Å². The van der Waals surface area contributed by atoms with Crippen LogP contribution in [0.1, 0.15) is 30.0 Å². The molecule has 0 aliphatic heterocycles. The Morgan fingerprint density at radius 1 is 1.30 bits per heavy atom. The summed E-state index contributed by atoms with van der Waals surface area (Å²) < 4.78 is 5.61. The first kappa shape index (κ1) is 16.9. The number of nitrogens with one attached hydrogen (secondary N) is 1. The quantitative estimate of drug-likeness (QED) is 0.455. The van der Waals surface area contributed by atoms with E-state index in [1.165, 1.54) is 12.3 Å². The molecule has 0 saturated carbocycles. The molecular weight excluding hydrogens is 294 g/mol. The van der Waals surface area contributed by atoms with Crippen LogP contribution in [0.5, 0.6) is 0 Å². The molecule has 6 nitrogen and oxygen atoms in total. The largest absolute Gasteiger partial charge is 0.377 e. The molecule has 0 aliphatic carbocycles. The van der Waals surface area contributed by atoms with E-state index in [0.717, 1.165) is 29.7 Å². The van der Waals surface area contributed by atoms with Gasteiger partial charge in [0.25, 0.3) is 5.69 Å². The van der Waals surface area contributed by atoms with Gasteiger partial charge in [-0.25, -0.2) is 4.98 Å². The van der Waals surface area contributed by atoms with Crippen LogP contribution in [0.2, 0.25) is 0 Å². The second kappa shape index (κ2) is 8.24. The van der Waals surface area contributed by atoms with E-state index in [1.54, 1.807) is 6.92 Å². The first-order valence-corrected chi connectivity index (χ1v) is 7.61. The Hall–Kier alpha value is -2.47. The van der Waals surface area contributed by atoms with Gasteiger partial charge in [-0.3, -0.25) is 10.1 Å². The molecule has 1 aromatic carbocycles. The molecule has 0 saturated heterocycles. The fourth-order valence-corrected chi connectivity index (χ4v) is 2.22. The van der Waals surface area contributed by atoms with Crippen LogP contribution in [-0.2, 0) is 17.9 Å². The van der Waals surface area contributed by atoms with Crippen molar-refractivity contribution >= 4 is 11.5 Å². The van der Waals surface area contributed by atoms with E-state index in [0.29, 0.717) is 19.0 Å². The van der Waals surface area contributed by atoms with Crippen molar-refractivity contribution in [2.75, 3.05) is 11.9 Å². The highest BCUT2D eigenvalue weighted by atomic mass is 16.6. The Morgan fingerprint density at radius 3 is 2.70 bits per heavy atom. The van der Waals surface area contributed by atoms with E-state index in [2.05, 4.69) is 17.2 Å². The van der Waals surface area contributed by atoms with Crippen molar-refractivity contribution in [3.8, 4) is 0 Å². The topological polar surface area (TPSA) is 77.3 Å². The average molecular weight is 315 g/mol. The lowest BCUT2D eigenvalue weighted by atomic mass is 10.1. The molecule has 0 aliphatic rings. The Morgan fingerprint density at radius 2 is 2.04 bits per heavy atom. The monoisotopic (exact) mass is 315 g/mol. The molecule has 0 spiro atoms. The zero-order chi connectivity index (χ0) is 16.7. The van der Waals surface area contributed by atoms with Crippen molar-refractivity contribution in [3.05, 3.63) is 63.3 Å². The molecule has 0 bridgehead atoms. The van der Waals surface area contributed by atoms with Gasteiger partial charge in [-0.05, 0) is 30.0 Å². The number of anilines is 1. The number of rotatable bonds is 8. The van der Waals surface area contributed by atoms with Gasteiger partial charge in [0.1, 0.15) is 12.0 Å². The van der Waals surface area contributed by atoms with Crippen LogP contribution < -0.4 is 5.32 Å². The molecule has 0 amide bonds. The second-order valence-electron chi connectivity index (χ2n) is 5.29. The molecule has 2 rings (SSSR count). The lowest BCUT2D eigenvalue weighted by Crippen LogP contribution is -2.07. The van der Waals surface area contributed by atoms with E-state index < -0.39 is 4.92 Å². The zero-order valence-corrected chi connectivity index (χ0v) is 13.4. The minimum absolute atomic E-state index is 0.00131. The van der Waals surface area contributed by atoms with Crippen molar-refractivity contribution in [1.82, 2.24) is 4.98 Å². The molecule has 0 unspecified atom stereocenters. The third kappa shape index (κ3) is 4.75. The summed E-state index contributed by atoms with van der Waals surface area (Å²) in [7, 11) is 0. The van der Waals surface area contributed by atoms with Crippen LogP contribution in [0.4, 0.5) is 11.5 Å². The van der Waals surface area contributed by atoms with Gasteiger partial charge in [-0.15, -0.1) is 0 Å². The summed E-state index contributed by atoms with van der Waals surface area (Å²) in [5, 5.41) is 14.0. The van der Waals surface area contributed by atoms with Crippen LogP contribution in [0.25, 0.3) is 0 Å². The number of aromatic nitrogens is 1. The van der Waals surface area contributed by atoms with E-state index in [-0.39, 0.29) is 5.69 Å². The van der Waals surface area contributed by atoms with E-state index in [1.807, 2.05) is 24.3 Å². The maximum atomic E-state index is 10.7. The molecule has 122 valence electrons. The summed E-state index contributed by atoms with van der Waals surface area (Å²) in [6, 6.07) is 9.58. The second-order valence-corrected chi connectivity index (χ2v) is 5.29. The third-order valence-corrected chi connectivity index (χ3v) is 3.45. The van der Waals surface area contributed by atoms with Gasteiger partial charge in [0.2, 0.25) is 0 Å². The van der Waals surface area contributed by atoms with Crippen LogP contribution in [0, 0.1) is 17.0 Å². The smallest absolute Gasteiger partial charge is 0.287 e. The summed E-state index contributed by atoms with van der Waals surface area (Å²) >= 11 is 0. The van der Waals surface area contributed by atoms with Crippen LogP contribution in [0.3, 0.4) is 0 Å². The maximum absolute atomic E-state index is 10.7. The normalized spacial score (nSPS) is 10.5. The van der Waals surface area contributed by atoms with Gasteiger partial charge in [-0.2, -0.15) is 0 Å². The average Bonchev–Trinajstić information content (AvgIpc) is 2.55. The van der Waals surface area contributed by atoms with Gasteiger partial charge >= 0.3 is 0 Å². The number of hydrogen-bond donors (Lipinski definition) is 1. The standard InChI is InChI=1S/C17H21N3O3/c1-3-8-23-12-15-7-5-4-6-14(15)10-18-17-13(2)9-16(11-19-17)20(21)22/h4-7,9,11H,3,8,10,12H2,1-2H3,(H,18,19). The Kier molecular flexibility index (Phi) is 6.05. The fourth-order valence-electron chi connectivity index (χ4n) is 2.22. The molecule has 6 heteroatoms. The number of ether oxygens (including phenoxy) is 1. The summed E-state index contributed by atoms with van der Waals surface area (Å²) in [5.74, 6) is 0.653. The first-order chi connectivity index (χ1) is 11.1. The Balaban J connectivity index is 2.05. The molecule has 0 fully saturated rings. The number of benzene rings is 1. The summed E-state index contributed by atoms with van der Waals surface area (Å²) in [4.78, 5) is 14.4. The molecule has 0 radical (unpaired) electrons. The molecule has 1 heterocycles. The summed E-state index contributed by atoms with van der Waals surface area (Å²) in [5.41, 5.74) is 3.01. The van der Waals surface area contributed by atoms with Gasteiger partial charge < -0.3 is 10.1 Å². The van der Waals surface area contributed by atoms with Gasteiger partial charge in [0.05, 0.1) is 11.5 Å². The Labute approximate surface area is 135 Å². The lowest BCUT2D eigenvalue weighted by Gasteiger charge is -2.12. The number of aryl methyl sites for hydroxylation is 1. The SMILES string of the molecule is CCCOCc1ccccc1CNc1ncc([N+](=O)[O-])cc1C. The number of nitrogens with zero attached hydrogens (tertiary/aromatic N) is 2. The number of pyridine rings is 1. The van der Waals surface area contributed by atoms with Crippen molar-refractivity contribution in [2.24, 2.45) is 0 Å². The molecule has 2 aromatic rings. The molecule has 1 N–H and O–H groups in total. The van der Waals surface area contributed by atoms with Crippen LogP contribution in [0.15, 0.2) is 36.5 Å². The number of nitro groups is 1. The Bertz CT molecular complexity index is 674. The molecule has 1 aromatic heterocycles. The lowest BCUT2D eigenvalue weighted by molar-refractivity contribution is -0.385. The molecular formula is C17H21N3O3. The highest BCUT2D eigenvalue weighted by Gasteiger charge is 2.10. The molecule has 0 atom stereocenters. The third-order valence-electron chi connectivity index (χ3n) is 3.45.